The van der Waals surface area contributed by atoms with Crippen LogP contribution in [0.3, 0.4) is 0 Å². The second kappa shape index (κ2) is 5.55. The number of piperidine rings is 1. The number of aliphatic hydroxyl groups is 1. The molecular weight excluding hydrogens is 304 g/mol. The van der Waals surface area contributed by atoms with Gasteiger partial charge in [0.15, 0.2) is 0 Å². The van der Waals surface area contributed by atoms with Gasteiger partial charge in [0.25, 0.3) is 0 Å². The Bertz CT molecular complexity index is 598. The van der Waals surface area contributed by atoms with Crippen LogP contribution in [0.4, 0.5) is 5.00 Å². The second-order valence-electron chi connectivity index (χ2n) is 6.24. The number of hydrogen-bond donors (Lipinski definition) is 2. The van der Waals surface area contributed by atoms with Crippen molar-refractivity contribution in [2.24, 2.45) is 0 Å². The topological polar surface area (TPSA) is 78.9 Å². The zero-order chi connectivity index (χ0) is 15.9. The summed E-state index contributed by atoms with van der Waals surface area (Å²) in [6.45, 7) is 4.27. The molecule has 120 valence electrons. The van der Waals surface area contributed by atoms with Crippen LogP contribution in [0.25, 0.3) is 0 Å². The molecule has 3 rings (SSSR count). The number of anilines is 1. The summed E-state index contributed by atoms with van der Waals surface area (Å²) >= 11 is 1.35. The summed E-state index contributed by atoms with van der Waals surface area (Å²) in [5.41, 5.74) is -0.797. The van der Waals surface area contributed by atoms with Crippen LogP contribution in [0.5, 0.6) is 5.75 Å². The highest BCUT2D eigenvalue weighted by Crippen LogP contribution is 2.49. The van der Waals surface area contributed by atoms with Crippen molar-refractivity contribution in [1.82, 2.24) is 4.90 Å². The number of carbonyl (C=O) groups excluding carboxylic acids is 2. The first-order chi connectivity index (χ1) is 10.4. The Morgan fingerprint density at radius 2 is 2.27 bits per heavy atom. The van der Waals surface area contributed by atoms with Gasteiger partial charge < -0.3 is 20.1 Å². The number of likely N-dealkylation sites (tertiary alicyclic amines) is 1. The molecule has 0 radical (unpaired) electrons. The predicted octanol–water partition coefficient (Wildman–Crippen LogP) is 1.90. The molecule has 2 N–H and O–H groups in total. The first kappa shape index (κ1) is 15.3. The van der Waals surface area contributed by atoms with Crippen LogP contribution >= 0.6 is 11.3 Å². The van der Waals surface area contributed by atoms with E-state index in [2.05, 4.69) is 5.32 Å². The van der Waals surface area contributed by atoms with Crippen LogP contribution in [0.15, 0.2) is 6.07 Å². The fourth-order valence-electron chi connectivity index (χ4n) is 3.10. The molecule has 3 heterocycles. The van der Waals surface area contributed by atoms with Crippen LogP contribution < -0.4 is 10.1 Å². The van der Waals surface area contributed by atoms with E-state index in [1.54, 1.807) is 11.0 Å². The lowest BCUT2D eigenvalue weighted by atomic mass is 9.88. The van der Waals surface area contributed by atoms with E-state index in [0.717, 1.165) is 17.7 Å². The van der Waals surface area contributed by atoms with Crippen LogP contribution in [-0.4, -0.2) is 40.6 Å². The van der Waals surface area contributed by atoms with E-state index in [-0.39, 0.29) is 5.91 Å². The van der Waals surface area contributed by atoms with Gasteiger partial charge in [0.2, 0.25) is 12.3 Å². The van der Waals surface area contributed by atoms with Gasteiger partial charge in [-0.05, 0) is 26.7 Å². The smallest absolute Gasteiger partial charge is 0.223 e. The number of carbonyl (C=O) groups is 2. The van der Waals surface area contributed by atoms with Gasteiger partial charge in [-0.15, -0.1) is 11.3 Å². The van der Waals surface area contributed by atoms with Crippen molar-refractivity contribution in [3.63, 3.8) is 0 Å². The number of hydrogen-bond acceptors (Lipinski definition) is 5. The number of ether oxygens (including phenoxy) is 1. The number of thiophene rings is 1. The zero-order valence-corrected chi connectivity index (χ0v) is 13.5. The molecule has 1 aromatic rings. The van der Waals surface area contributed by atoms with E-state index < -0.39 is 17.7 Å². The molecule has 0 aromatic carbocycles. The summed E-state index contributed by atoms with van der Waals surface area (Å²) in [7, 11) is 0. The van der Waals surface area contributed by atoms with Gasteiger partial charge in [-0.25, -0.2) is 0 Å². The first-order valence-electron chi connectivity index (χ1n) is 7.44. The SMILES string of the molecule is CC1(C)Oc2cc(NC=O)sc2C(N2CCCCC2=O)C1O. The van der Waals surface area contributed by atoms with Gasteiger partial charge >= 0.3 is 0 Å². The van der Waals surface area contributed by atoms with Crippen LogP contribution in [-0.2, 0) is 9.59 Å². The molecule has 2 amide bonds. The van der Waals surface area contributed by atoms with E-state index in [9.17, 15) is 14.7 Å². The van der Waals surface area contributed by atoms with Crippen LogP contribution in [0.2, 0.25) is 0 Å². The predicted molar refractivity (Wildman–Crippen MR) is 83.0 cm³/mol. The molecule has 22 heavy (non-hydrogen) atoms. The summed E-state index contributed by atoms with van der Waals surface area (Å²) in [6.07, 6.45) is 2.15. The van der Waals surface area contributed by atoms with Gasteiger partial charge in [0, 0.05) is 19.0 Å². The quantitative estimate of drug-likeness (QED) is 0.833. The minimum atomic E-state index is -0.815. The molecule has 1 fully saturated rings. The Kier molecular flexibility index (Phi) is 3.86. The highest BCUT2D eigenvalue weighted by molar-refractivity contribution is 7.16. The number of aliphatic hydroxyl groups excluding tert-OH is 1. The fourth-order valence-corrected chi connectivity index (χ4v) is 4.19. The lowest BCUT2D eigenvalue weighted by Gasteiger charge is -2.46. The molecule has 0 aliphatic carbocycles. The maximum atomic E-state index is 12.3. The molecule has 0 saturated carbocycles. The highest BCUT2D eigenvalue weighted by atomic mass is 32.1. The number of amides is 2. The van der Waals surface area contributed by atoms with Crippen molar-refractivity contribution < 1.29 is 19.4 Å². The third-order valence-electron chi connectivity index (χ3n) is 4.27. The van der Waals surface area contributed by atoms with Crippen molar-refractivity contribution >= 4 is 28.7 Å². The molecule has 0 spiro atoms. The van der Waals surface area contributed by atoms with E-state index in [4.69, 9.17) is 4.74 Å². The molecule has 2 atom stereocenters. The molecule has 7 heteroatoms. The zero-order valence-electron chi connectivity index (χ0n) is 12.7. The Morgan fingerprint density at radius 3 is 2.95 bits per heavy atom. The molecule has 0 bridgehead atoms. The molecular formula is C15H20N2O4S. The third kappa shape index (κ3) is 2.48. The van der Waals surface area contributed by atoms with E-state index >= 15 is 0 Å². The van der Waals surface area contributed by atoms with Crippen molar-refractivity contribution in [1.29, 1.82) is 0 Å². The largest absolute Gasteiger partial charge is 0.484 e. The van der Waals surface area contributed by atoms with E-state index in [0.29, 0.717) is 30.1 Å². The lowest BCUT2D eigenvalue weighted by Crippen LogP contribution is -2.55. The van der Waals surface area contributed by atoms with Crippen molar-refractivity contribution in [3.8, 4) is 5.75 Å². The standard InChI is InChI=1S/C15H20N2O4S/c1-15(2)14(20)12(17-6-4-3-5-11(17)19)13-9(21-15)7-10(22-13)16-8-18/h7-8,12,14,20H,3-6H2,1-2H3,(H,16,18). The highest BCUT2D eigenvalue weighted by Gasteiger charge is 2.48. The number of nitrogens with zero attached hydrogens (tertiary/aromatic N) is 1. The second-order valence-corrected chi connectivity index (χ2v) is 7.32. The Morgan fingerprint density at radius 1 is 1.50 bits per heavy atom. The fraction of sp³-hybridized carbons (Fsp3) is 0.600. The molecule has 2 aliphatic rings. The van der Waals surface area contributed by atoms with Crippen molar-refractivity contribution in [3.05, 3.63) is 10.9 Å². The van der Waals surface area contributed by atoms with Crippen molar-refractivity contribution in [2.45, 2.75) is 50.9 Å². The van der Waals surface area contributed by atoms with E-state index in [1.165, 1.54) is 11.3 Å². The number of nitrogens with one attached hydrogen (secondary N) is 1. The van der Waals surface area contributed by atoms with Crippen LogP contribution in [0, 0.1) is 0 Å². The summed E-state index contributed by atoms with van der Waals surface area (Å²) < 4.78 is 5.88. The maximum absolute atomic E-state index is 12.3. The summed E-state index contributed by atoms with van der Waals surface area (Å²) in [5, 5.41) is 14.0. The van der Waals surface area contributed by atoms with Gasteiger partial charge in [0.1, 0.15) is 17.5 Å². The summed E-state index contributed by atoms with van der Waals surface area (Å²) in [6, 6.07) is 1.34. The molecule has 2 unspecified atom stereocenters. The van der Waals surface area contributed by atoms with Crippen LogP contribution in [0.1, 0.15) is 44.0 Å². The minimum absolute atomic E-state index is 0.0669. The molecule has 1 saturated heterocycles. The molecule has 1 aromatic heterocycles. The minimum Gasteiger partial charge on any atom is -0.484 e. The summed E-state index contributed by atoms with van der Waals surface area (Å²) in [5.74, 6) is 0.699. The van der Waals surface area contributed by atoms with Gasteiger partial charge in [-0.2, -0.15) is 0 Å². The number of fused-ring (bicyclic) bond motifs is 1. The average molecular weight is 324 g/mol. The normalized spacial score (nSPS) is 27.0. The monoisotopic (exact) mass is 324 g/mol. The van der Waals surface area contributed by atoms with E-state index in [1.807, 2.05) is 13.8 Å². The lowest BCUT2D eigenvalue weighted by molar-refractivity contribution is -0.146. The third-order valence-corrected chi connectivity index (χ3v) is 5.39. The first-order valence-corrected chi connectivity index (χ1v) is 8.26. The van der Waals surface area contributed by atoms with Crippen molar-refractivity contribution in [2.75, 3.05) is 11.9 Å². The average Bonchev–Trinajstić information content (AvgIpc) is 2.83. The van der Waals surface area contributed by atoms with Gasteiger partial charge in [0.05, 0.1) is 15.9 Å². The molecule has 2 aliphatic heterocycles. The summed E-state index contributed by atoms with van der Waals surface area (Å²) in [4.78, 5) is 25.5. The molecule has 6 nitrogen and oxygen atoms in total. The number of rotatable bonds is 3. The Hall–Kier alpha value is -1.60. The maximum Gasteiger partial charge on any atom is 0.223 e. The van der Waals surface area contributed by atoms with Gasteiger partial charge in [-0.1, -0.05) is 0 Å². The Balaban J connectivity index is 2.03. The van der Waals surface area contributed by atoms with Gasteiger partial charge in [-0.3, -0.25) is 9.59 Å². The Labute approximate surface area is 133 Å².